The summed E-state index contributed by atoms with van der Waals surface area (Å²) in [6, 6.07) is 12.4. The lowest BCUT2D eigenvalue weighted by molar-refractivity contribution is 0.481. The van der Waals surface area contributed by atoms with Crippen LogP contribution in [0.15, 0.2) is 42.6 Å². The molecule has 0 aliphatic carbocycles. The molecule has 6 heteroatoms. The molecule has 0 saturated carbocycles. The third kappa shape index (κ3) is 5.06. The fourth-order valence-electron chi connectivity index (χ4n) is 3.03. The topological polar surface area (TPSA) is 40.2 Å². The van der Waals surface area contributed by atoms with Crippen molar-refractivity contribution in [3.8, 4) is 0 Å². The molecule has 4 nitrogen and oxygen atoms in total. The summed E-state index contributed by atoms with van der Waals surface area (Å²) in [7, 11) is 0. The summed E-state index contributed by atoms with van der Waals surface area (Å²) in [5, 5.41) is 7.68. The van der Waals surface area contributed by atoms with Gasteiger partial charge in [-0.1, -0.05) is 23.7 Å². The maximum Gasteiger partial charge on any atom is 0.171 e. The third-order valence-corrected chi connectivity index (χ3v) is 4.97. The van der Waals surface area contributed by atoms with E-state index in [4.69, 9.17) is 23.8 Å². The van der Waals surface area contributed by atoms with Crippen molar-refractivity contribution in [3.63, 3.8) is 0 Å². The molecule has 0 spiro atoms. The van der Waals surface area contributed by atoms with Gasteiger partial charge in [0.1, 0.15) is 5.82 Å². The predicted molar refractivity (Wildman–Crippen MR) is 109 cm³/mol. The Labute approximate surface area is 159 Å². The standard InChI is InChI=1S/C19H23ClN4S/c1-14-4-2-3-11-24(14)18-10-9-17(13-21-18)23-19(25)22-12-15-5-7-16(20)8-6-15/h5-10,13-14H,2-4,11-12H2,1H3,(H2,22,23,25)/t14-/m0/s1. The van der Waals surface area contributed by atoms with Crippen molar-refractivity contribution >= 4 is 40.4 Å². The van der Waals surface area contributed by atoms with Crippen LogP contribution in [0.4, 0.5) is 11.5 Å². The molecule has 132 valence electrons. The highest BCUT2D eigenvalue weighted by Gasteiger charge is 2.19. The second kappa shape index (κ2) is 8.50. The zero-order valence-electron chi connectivity index (χ0n) is 14.3. The van der Waals surface area contributed by atoms with Crippen molar-refractivity contribution in [1.29, 1.82) is 0 Å². The van der Waals surface area contributed by atoms with Crippen LogP contribution in [-0.2, 0) is 6.54 Å². The number of halogens is 1. The first-order chi connectivity index (χ1) is 12.1. The van der Waals surface area contributed by atoms with Gasteiger partial charge in [0.25, 0.3) is 0 Å². The van der Waals surface area contributed by atoms with Gasteiger partial charge in [-0.15, -0.1) is 0 Å². The van der Waals surface area contributed by atoms with E-state index in [9.17, 15) is 0 Å². The summed E-state index contributed by atoms with van der Waals surface area (Å²) in [6.07, 6.45) is 5.63. The Hall–Kier alpha value is -1.85. The van der Waals surface area contributed by atoms with Crippen molar-refractivity contribution in [3.05, 3.63) is 53.2 Å². The molecule has 1 atom stereocenters. The molecule has 0 bridgehead atoms. The average Bonchev–Trinajstić information content (AvgIpc) is 2.62. The van der Waals surface area contributed by atoms with Crippen LogP contribution in [0.2, 0.25) is 5.02 Å². The number of pyridine rings is 1. The number of hydrogen-bond acceptors (Lipinski definition) is 3. The molecule has 2 aromatic rings. The summed E-state index contributed by atoms with van der Waals surface area (Å²) < 4.78 is 0. The van der Waals surface area contributed by atoms with Crippen LogP contribution in [0.25, 0.3) is 0 Å². The number of rotatable bonds is 4. The number of piperidine rings is 1. The summed E-state index contributed by atoms with van der Waals surface area (Å²) >= 11 is 11.2. The molecule has 0 amide bonds. The Morgan fingerprint density at radius 2 is 2.04 bits per heavy atom. The Kier molecular flexibility index (Phi) is 6.10. The van der Waals surface area contributed by atoms with E-state index in [2.05, 4.69) is 33.5 Å². The van der Waals surface area contributed by atoms with E-state index in [1.807, 2.05) is 36.5 Å². The molecule has 1 aromatic carbocycles. The van der Waals surface area contributed by atoms with E-state index in [0.29, 0.717) is 17.7 Å². The van der Waals surface area contributed by atoms with Crippen LogP contribution in [0.1, 0.15) is 31.7 Å². The normalized spacial score (nSPS) is 17.2. The molecule has 25 heavy (non-hydrogen) atoms. The molecule has 1 aliphatic heterocycles. The molecular weight excluding hydrogens is 352 g/mol. The number of nitrogens with one attached hydrogen (secondary N) is 2. The lowest BCUT2D eigenvalue weighted by atomic mass is 10.0. The van der Waals surface area contributed by atoms with Crippen LogP contribution < -0.4 is 15.5 Å². The highest BCUT2D eigenvalue weighted by molar-refractivity contribution is 7.80. The summed E-state index contributed by atoms with van der Waals surface area (Å²) in [6.45, 7) is 4.00. The molecule has 3 rings (SSSR count). The molecule has 1 saturated heterocycles. The number of benzene rings is 1. The summed E-state index contributed by atoms with van der Waals surface area (Å²) in [4.78, 5) is 6.97. The Morgan fingerprint density at radius 1 is 1.24 bits per heavy atom. The second-order valence-electron chi connectivity index (χ2n) is 6.38. The molecule has 1 aliphatic rings. The van der Waals surface area contributed by atoms with Gasteiger partial charge in [-0.05, 0) is 68.2 Å². The molecule has 2 heterocycles. The molecular formula is C19H23ClN4S. The van der Waals surface area contributed by atoms with E-state index in [-0.39, 0.29) is 0 Å². The summed E-state index contributed by atoms with van der Waals surface area (Å²) in [5.41, 5.74) is 2.02. The zero-order chi connectivity index (χ0) is 17.6. The molecule has 0 unspecified atom stereocenters. The average molecular weight is 375 g/mol. The fraction of sp³-hybridized carbons (Fsp3) is 0.368. The number of thiocarbonyl (C=S) groups is 1. The molecule has 0 radical (unpaired) electrons. The Bertz CT molecular complexity index is 702. The van der Waals surface area contributed by atoms with E-state index in [1.165, 1.54) is 19.3 Å². The maximum atomic E-state index is 5.89. The van der Waals surface area contributed by atoms with Gasteiger partial charge in [0.05, 0.1) is 11.9 Å². The van der Waals surface area contributed by atoms with Gasteiger partial charge in [0, 0.05) is 24.2 Å². The van der Waals surface area contributed by atoms with Gasteiger partial charge >= 0.3 is 0 Å². The zero-order valence-corrected chi connectivity index (χ0v) is 15.9. The smallest absolute Gasteiger partial charge is 0.171 e. The van der Waals surface area contributed by atoms with E-state index < -0.39 is 0 Å². The quantitative estimate of drug-likeness (QED) is 0.765. The lowest BCUT2D eigenvalue weighted by Crippen LogP contribution is -2.37. The highest BCUT2D eigenvalue weighted by atomic mass is 35.5. The number of hydrogen-bond donors (Lipinski definition) is 2. The van der Waals surface area contributed by atoms with E-state index in [1.54, 1.807) is 0 Å². The van der Waals surface area contributed by atoms with Gasteiger partial charge in [0.2, 0.25) is 0 Å². The van der Waals surface area contributed by atoms with Gasteiger partial charge in [-0.2, -0.15) is 0 Å². The predicted octanol–water partition coefficient (Wildman–Crippen LogP) is 4.60. The van der Waals surface area contributed by atoms with Gasteiger partial charge in [0.15, 0.2) is 5.11 Å². The SMILES string of the molecule is C[C@H]1CCCCN1c1ccc(NC(=S)NCc2ccc(Cl)cc2)cn1. The van der Waals surface area contributed by atoms with Crippen LogP contribution >= 0.6 is 23.8 Å². The monoisotopic (exact) mass is 374 g/mol. The summed E-state index contributed by atoms with van der Waals surface area (Å²) in [5.74, 6) is 1.04. The van der Waals surface area contributed by atoms with Crippen molar-refractivity contribution < 1.29 is 0 Å². The van der Waals surface area contributed by atoms with Crippen molar-refractivity contribution in [2.45, 2.75) is 38.8 Å². The first kappa shape index (κ1) is 18.0. The van der Waals surface area contributed by atoms with Crippen LogP contribution in [0.5, 0.6) is 0 Å². The van der Waals surface area contributed by atoms with Crippen LogP contribution in [-0.4, -0.2) is 22.7 Å². The second-order valence-corrected chi connectivity index (χ2v) is 7.22. The van der Waals surface area contributed by atoms with Crippen molar-refractivity contribution in [2.75, 3.05) is 16.8 Å². The molecule has 2 N–H and O–H groups in total. The maximum absolute atomic E-state index is 5.89. The Morgan fingerprint density at radius 3 is 2.72 bits per heavy atom. The number of anilines is 2. The van der Waals surface area contributed by atoms with Gasteiger partial charge in [-0.25, -0.2) is 4.98 Å². The first-order valence-electron chi connectivity index (χ1n) is 8.64. The minimum Gasteiger partial charge on any atom is -0.358 e. The molecule has 1 aromatic heterocycles. The number of aromatic nitrogens is 1. The number of nitrogens with zero attached hydrogens (tertiary/aromatic N) is 2. The first-order valence-corrected chi connectivity index (χ1v) is 9.42. The van der Waals surface area contributed by atoms with Crippen molar-refractivity contribution in [2.24, 2.45) is 0 Å². The minimum atomic E-state index is 0.558. The van der Waals surface area contributed by atoms with Crippen LogP contribution in [0, 0.1) is 0 Å². The minimum absolute atomic E-state index is 0.558. The Balaban J connectivity index is 1.52. The van der Waals surface area contributed by atoms with E-state index in [0.717, 1.165) is 28.6 Å². The lowest BCUT2D eigenvalue weighted by Gasteiger charge is -2.34. The largest absolute Gasteiger partial charge is 0.358 e. The van der Waals surface area contributed by atoms with E-state index >= 15 is 0 Å². The molecule has 1 fully saturated rings. The van der Waals surface area contributed by atoms with Gasteiger partial charge in [-0.3, -0.25) is 0 Å². The van der Waals surface area contributed by atoms with Gasteiger partial charge < -0.3 is 15.5 Å². The van der Waals surface area contributed by atoms with Crippen LogP contribution in [0.3, 0.4) is 0 Å². The van der Waals surface area contributed by atoms with Crippen molar-refractivity contribution in [1.82, 2.24) is 10.3 Å². The third-order valence-electron chi connectivity index (χ3n) is 4.47. The fourth-order valence-corrected chi connectivity index (χ4v) is 3.34. The highest BCUT2D eigenvalue weighted by Crippen LogP contribution is 2.23.